The summed E-state index contributed by atoms with van der Waals surface area (Å²) in [5.74, 6) is 0. The SMILES string of the molecule is Cc1ccccc1-c1ncc([C@@H]2NCCc3[nH]cnc32)s1. The van der Waals surface area contributed by atoms with Crippen LogP contribution in [0.25, 0.3) is 10.6 Å². The van der Waals surface area contributed by atoms with E-state index in [1.54, 1.807) is 17.7 Å². The second-order valence-electron chi connectivity index (χ2n) is 5.29. The lowest BCUT2D eigenvalue weighted by Gasteiger charge is -2.21. The zero-order valence-corrected chi connectivity index (χ0v) is 12.6. The van der Waals surface area contributed by atoms with Crippen molar-refractivity contribution in [1.82, 2.24) is 20.3 Å². The smallest absolute Gasteiger partial charge is 0.123 e. The molecule has 0 radical (unpaired) electrons. The van der Waals surface area contributed by atoms with Crippen LogP contribution in [0, 0.1) is 6.92 Å². The zero-order valence-electron chi connectivity index (χ0n) is 11.8. The lowest BCUT2D eigenvalue weighted by Crippen LogP contribution is -2.30. The van der Waals surface area contributed by atoms with Crippen LogP contribution in [-0.2, 0) is 6.42 Å². The Morgan fingerprint density at radius 1 is 1.24 bits per heavy atom. The van der Waals surface area contributed by atoms with E-state index in [4.69, 9.17) is 0 Å². The fraction of sp³-hybridized carbons (Fsp3) is 0.250. The number of H-pyrrole nitrogens is 1. The van der Waals surface area contributed by atoms with Crippen molar-refractivity contribution in [3.63, 3.8) is 0 Å². The highest BCUT2D eigenvalue weighted by Gasteiger charge is 2.25. The van der Waals surface area contributed by atoms with Crippen LogP contribution in [0.4, 0.5) is 0 Å². The van der Waals surface area contributed by atoms with Gasteiger partial charge in [-0.2, -0.15) is 0 Å². The average molecular weight is 296 g/mol. The van der Waals surface area contributed by atoms with Crippen LogP contribution in [0.1, 0.15) is 27.9 Å². The number of fused-ring (bicyclic) bond motifs is 1. The maximum Gasteiger partial charge on any atom is 0.123 e. The molecule has 1 aliphatic rings. The quantitative estimate of drug-likeness (QED) is 0.764. The number of rotatable bonds is 2. The molecule has 1 atom stereocenters. The van der Waals surface area contributed by atoms with Crippen LogP contribution in [0.3, 0.4) is 0 Å². The van der Waals surface area contributed by atoms with Gasteiger partial charge in [-0.05, 0) is 12.5 Å². The summed E-state index contributed by atoms with van der Waals surface area (Å²) < 4.78 is 0. The normalized spacial score (nSPS) is 17.7. The summed E-state index contributed by atoms with van der Waals surface area (Å²) in [6.07, 6.45) is 4.77. The first-order valence-electron chi connectivity index (χ1n) is 7.10. The van der Waals surface area contributed by atoms with Gasteiger partial charge in [-0.1, -0.05) is 24.3 Å². The molecule has 21 heavy (non-hydrogen) atoms. The van der Waals surface area contributed by atoms with Gasteiger partial charge in [0.25, 0.3) is 0 Å². The van der Waals surface area contributed by atoms with Crippen LogP contribution >= 0.6 is 11.3 Å². The molecular weight excluding hydrogens is 280 g/mol. The molecule has 106 valence electrons. The number of aryl methyl sites for hydroxylation is 1. The Labute approximate surface area is 127 Å². The predicted octanol–water partition coefficient (Wildman–Crippen LogP) is 3.08. The van der Waals surface area contributed by atoms with Crippen molar-refractivity contribution < 1.29 is 0 Å². The number of aromatic amines is 1. The molecule has 1 aliphatic heterocycles. The monoisotopic (exact) mass is 296 g/mol. The summed E-state index contributed by atoms with van der Waals surface area (Å²) in [4.78, 5) is 13.6. The van der Waals surface area contributed by atoms with Gasteiger partial charge in [0.05, 0.1) is 18.1 Å². The van der Waals surface area contributed by atoms with Crippen LogP contribution in [0.2, 0.25) is 0 Å². The van der Waals surface area contributed by atoms with E-state index in [9.17, 15) is 0 Å². The highest BCUT2D eigenvalue weighted by Crippen LogP contribution is 2.34. The van der Waals surface area contributed by atoms with Gasteiger partial charge in [0.1, 0.15) is 5.01 Å². The van der Waals surface area contributed by atoms with E-state index in [0.29, 0.717) is 0 Å². The van der Waals surface area contributed by atoms with Crippen molar-refractivity contribution in [1.29, 1.82) is 0 Å². The van der Waals surface area contributed by atoms with E-state index in [2.05, 4.69) is 51.5 Å². The van der Waals surface area contributed by atoms with Crippen molar-refractivity contribution in [2.75, 3.05) is 6.54 Å². The number of nitrogens with zero attached hydrogens (tertiary/aromatic N) is 2. The molecule has 0 unspecified atom stereocenters. The molecule has 4 rings (SSSR count). The third kappa shape index (κ3) is 2.18. The maximum absolute atomic E-state index is 4.62. The standard InChI is InChI=1S/C16H16N4S/c1-10-4-2-3-5-11(10)16-18-8-13(21-16)15-14-12(6-7-17-15)19-9-20-14/h2-5,8-9,15,17H,6-7H2,1H3,(H,19,20)/t15-/m0/s1. The minimum absolute atomic E-state index is 0.162. The molecule has 0 spiro atoms. The lowest BCUT2D eigenvalue weighted by atomic mass is 10.1. The molecule has 0 saturated heterocycles. The summed E-state index contributed by atoms with van der Waals surface area (Å²) in [6, 6.07) is 8.54. The van der Waals surface area contributed by atoms with E-state index in [1.807, 2.05) is 6.20 Å². The molecule has 0 aliphatic carbocycles. The lowest BCUT2D eigenvalue weighted by molar-refractivity contribution is 0.559. The molecule has 2 N–H and O–H groups in total. The first-order chi connectivity index (χ1) is 10.3. The number of nitrogens with one attached hydrogen (secondary N) is 2. The third-order valence-electron chi connectivity index (χ3n) is 3.93. The maximum atomic E-state index is 4.62. The van der Waals surface area contributed by atoms with Crippen molar-refractivity contribution in [3.8, 4) is 10.6 Å². The summed E-state index contributed by atoms with van der Waals surface area (Å²) in [7, 11) is 0. The van der Waals surface area contributed by atoms with E-state index in [0.717, 1.165) is 23.7 Å². The first kappa shape index (κ1) is 12.7. The Morgan fingerprint density at radius 3 is 3.05 bits per heavy atom. The minimum Gasteiger partial charge on any atom is -0.348 e. The van der Waals surface area contributed by atoms with Gasteiger partial charge in [0.15, 0.2) is 0 Å². The minimum atomic E-state index is 0.162. The van der Waals surface area contributed by atoms with E-state index >= 15 is 0 Å². The Kier molecular flexibility index (Phi) is 3.09. The van der Waals surface area contributed by atoms with Gasteiger partial charge >= 0.3 is 0 Å². The van der Waals surface area contributed by atoms with Crippen LogP contribution < -0.4 is 5.32 Å². The number of aromatic nitrogens is 3. The van der Waals surface area contributed by atoms with Crippen LogP contribution in [-0.4, -0.2) is 21.5 Å². The summed E-state index contributed by atoms with van der Waals surface area (Å²) >= 11 is 1.75. The summed E-state index contributed by atoms with van der Waals surface area (Å²) in [5, 5.41) is 4.62. The number of imidazole rings is 1. The Morgan fingerprint density at radius 2 is 2.14 bits per heavy atom. The Hall–Kier alpha value is -1.98. The molecule has 5 heteroatoms. The van der Waals surface area contributed by atoms with E-state index in [-0.39, 0.29) is 6.04 Å². The molecule has 3 aromatic rings. The Balaban J connectivity index is 1.72. The molecule has 4 nitrogen and oxygen atoms in total. The van der Waals surface area contributed by atoms with Crippen molar-refractivity contribution in [3.05, 3.63) is 58.6 Å². The molecule has 0 saturated carbocycles. The molecule has 0 amide bonds. The van der Waals surface area contributed by atoms with E-state index < -0.39 is 0 Å². The average Bonchev–Trinajstić information content (AvgIpc) is 3.16. The van der Waals surface area contributed by atoms with Crippen molar-refractivity contribution >= 4 is 11.3 Å². The number of thiazole rings is 1. The summed E-state index contributed by atoms with van der Waals surface area (Å²) in [5.41, 5.74) is 4.83. The fourth-order valence-corrected chi connectivity index (χ4v) is 3.90. The molecule has 1 aromatic carbocycles. The molecule has 2 aromatic heterocycles. The highest BCUT2D eigenvalue weighted by molar-refractivity contribution is 7.15. The van der Waals surface area contributed by atoms with Crippen LogP contribution in [0.5, 0.6) is 0 Å². The number of hydrogen-bond acceptors (Lipinski definition) is 4. The van der Waals surface area contributed by atoms with Crippen molar-refractivity contribution in [2.24, 2.45) is 0 Å². The second-order valence-corrected chi connectivity index (χ2v) is 6.35. The molecular formula is C16H16N4S. The van der Waals surface area contributed by atoms with Gasteiger partial charge in [-0.15, -0.1) is 11.3 Å². The largest absolute Gasteiger partial charge is 0.348 e. The van der Waals surface area contributed by atoms with Crippen molar-refractivity contribution in [2.45, 2.75) is 19.4 Å². The number of hydrogen-bond donors (Lipinski definition) is 2. The van der Waals surface area contributed by atoms with Gasteiger partial charge in [0, 0.05) is 35.3 Å². The number of benzene rings is 1. The molecule has 0 fully saturated rings. The molecule has 0 bridgehead atoms. The van der Waals surface area contributed by atoms with Gasteiger partial charge in [-0.25, -0.2) is 9.97 Å². The zero-order chi connectivity index (χ0) is 14.2. The fourth-order valence-electron chi connectivity index (χ4n) is 2.81. The predicted molar refractivity (Wildman–Crippen MR) is 84.4 cm³/mol. The highest BCUT2D eigenvalue weighted by atomic mass is 32.1. The van der Waals surface area contributed by atoms with Gasteiger partial charge in [0.2, 0.25) is 0 Å². The van der Waals surface area contributed by atoms with E-state index in [1.165, 1.54) is 21.7 Å². The van der Waals surface area contributed by atoms with Crippen LogP contribution in [0.15, 0.2) is 36.8 Å². The third-order valence-corrected chi connectivity index (χ3v) is 5.03. The van der Waals surface area contributed by atoms with Gasteiger partial charge in [-0.3, -0.25) is 0 Å². The second kappa shape index (κ2) is 5.09. The molecule has 3 heterocycles. The first-order valence-corrected chi connectivity index (χ1v) is 7.92. The van der Waals surface area contributed by atoms with Gasteiger partial charge < -0.3 is 10.3 Å². The Bertz CT molecular complexity index is 774. The topological polar surface area (TPSA) is 53.6 Å². The summed E-state index contributed by atoms with van der Waals surface area (Å²) in [6.45, 7) is 3.10.